The molecule has 1 aromatic carbocycles. The quantitative estimate of drug-likeness (QED) is 0.724. The maximum absolute atomic E-state index is 5.57. The van der Waals surface area contributed by atoms with Gasteiger partial charge in [-0.3, -0.25) is 4.98 Å². The third-order valence-electron chi connectivity index (χ3n) is 3.30. The summed E-state index contributed by atoms with van der Waals surface area (Å²) in [6.07, 6.45) is 5.29. The minimum absolute atomic E-state index is 0.602. The molecule has 0 bridgehead atoms. The number of hydrogen-bond donors (Lipinski definition) is 1. The van der Waals surface area contributed by atoms with E-state index in [1.54, 1.807) is 12.5 Å². The first-order chi connectivity index (χ1) is 11.3. The van der Waals surface area contributed by atoms with Crippen molar-refractivity contribution in [3.63, 3.8) is 0 Å². The molecule has 0 radical (unpaired) electrons. The molecule has 5 heteroatoms. The van der Waals surface area contributed by atoms with Crippen LogP contribution in [0.2, 0.25) is 0 Å². The molecular formula is C18H19N3O2. The maximum atomic E-state index is 5.57. The molecule has 3 rings (SSSR count). The van der Waals surface area contributed by atoms with E-state index in [0.717, 1.165) is 29.1 Å². The summed E-state index contributed by atoms with van der Waals surface area (Å²) >= 11 is 0. The Labute approximate surface area is 135 Å². The molecule has 2 heterocycles. The molecule has 0 spiro atoms. The second kappa shape index (κ2) is 7.56. The number of rotatable bonds is 7. The third kappa shape index (κ3) is 4.17. The highest BCUT2D eigenvalue weighted by atomic mass is 16.5. The van der Waals surface area contributed by atoms with Crippen LogP contribution in [0.4, 0.5) is 0 Å². The van der Waals surface area contributed by atoms with Crippen LogP contribution < -0.4 is 10.1 Å². The topological polar surface area (TPSA) is 60.2 Å². The summed E-state index contributed by atoms with van der Waals surface area (Å²) in [5.74, 6) is 1.42. The predicted octanol–water partition coefficient (Wildman–Crippen LogP) is 3.43. The highest BCUT2D eigenvalue weighted by Gasteiger charge is 2.07. The fraction of sp³-hybridized carbons (Fsp3) is 0.222. The van der Waals surface area contributed by atoms with Gasteiger partial charge in [0.15, 0.2) is 0 Å². The molecular weight excluding hydrogens is 290 g/mol. The van der Waals surface area contributed by atoms with Gasteiger partial charge in [-0.05, 0) is 36.8 Å². The summed E-state index contributed by atoms with van der Waals surface area (Å²) in [6.45, 7) is 3.99. The van der Waals surface area contributed by atoms with E-state index in [4.69, 9.17) is 9.15 Å². The summed E-state index contributed by atoms with van der Waals surface area (Å²) in [7, 11) is 0. The van der Waals surface area contributed by atoms with E-state index in [9.17, 15) is 0 Å². The molecule has 23 heavy (non-hydrogen) atoms. The van der Waals surface area contributed by atoms with Crippen LogP contribution >= 0.6 is 0 Å². The molecule has 0 aliphatic carbocycles. The van der Waals surface area contributed by atoms with Gasteiger partial charge in [0.2, 0.25) is 5.89 Å². The number of ether oxygens (including phenoxy) is 1. The van der Waals surface area contributed by atoms with Crippen molar-refractivity contribution in [2.75, 3.05) is 6.61 Å². The molecule has 3 aromatic rings. The van der Waals surface area contributed by atoms with Gasteiger partial charge < -0.3 is 14.5 Å². The van der Waals surface area contributed by atoms with Gasteiger partial charge in [-0.15, -0.1) is 0 Å². The standard InChI is InChI=1S/C18H19N3O2/c1-2-22-17-7-3-6-15(9-17)18-21-16(13-23-18)12-20-11-14-5-4-8-19-10-14/h3-10,13,20H,2,11-12H2,1H3. The van der Waals surface area contributed by atoms with Crippen LogP contribution in [0, 0.1) is 0 Å². The van der Waals surface area contributed by atoms with Crippen molar-refractivity contribution in [1.82, 2.24) is 15.3 Å². The maximum Gasteiger partial charge on any atom is 0.226 e. The van der Waals surface area contributed by atoms with E-state index in [2.05, 4.69) is 15.3 Å². The van der Waals surface area contributed by atoms with Gasteiger partial charge in [0.1, 0.15) is 12.0 Å². The molecule has 118 valence electrons. The van der Waals surface area contributed by atoms with Gasteiger partial charge in [-0.1, -0.05) is 12.1 Å². The smallest absolute Gasteiger partial charge is 0.226 e. The zero-order valence-corrected chi connectivity index (χ0v) is 13.0. The van der Waals surface area contributed by atoms with Crippen molar-refractivity contribution < 1.29 is 9.15 Å². The van der Waals surface area contributed by atoms with E-state index in [1.165, 1.54) is 0 Å². The van der Waals surface area contributed by atoms with E-state index < -0.39 is 0 Å². The lowest BCUT2D eigenvalue weighted by atomic mass is 10.2. The van der Waals surface area contributed by atoms with Crippen LogP contribution in [0.3, 0.4) is 0 Å². The second-order valence-electron chi connectivity index (χ2n) is 5.07. The number of pyridine rings is 1. The Morgan fingerprint density at radius 3 is 2.96 bits per heavy atom. The molecule has 0 atom stereocenters. The van der Waals surface area contributed by atoms with Crippen LogP contribution in [0.25, 0.3) is 11.5 Å². The van der Waals surface area contributed by atoms with Crippen LogP contribution in [-0.2, 0) is 13.1 Å². The zero-order chi connectivity index (χ0) is 15.9. The lowest BCUT2D eigenvalue weighted by Crippen LogP contribution is -2.12. The van der Waals surface area contributed by atoms with Crippen molar-refractivity contribution in [2.24, 2.45) is 0 Å². The Bertz CT molecular complexity index is 741. The second-order valence-corrected chi connectivity index (χ2v) is 5.07. The summed E-state index contributed by atoms with van der Waals surface area (Å²) in [4.78, 5) is 8.60. The largest absolute Gasteiger partial charge is 0.494 e. The molecule has 0 saturated carbocycles. The average Bonchev–Trinajstić information content (AvgIpc) is 3.05. The number of oxazole rings is 1. The Kier molecular flexibility index (Phi) is 5.01. The summed E-state index contributed by atoms with van der Waals surface area (Å²) in [5.41, 5.74) is 2.92. The van der Waals surface area contributed by atoms with E-state index >= 15 is 0 Å². The highest BCUT2D eigenvalue weighted by molar-refractivity contribution is 5.56. The number of nitrogens with one attached hydrogen (secondary N) is 1. The van der Waals surface area contributed by atoms with E-state index in [0.29, 0.717) is 19.0 Å². The van der Waals surface area contributed by atoms with Gasteiger partial charge in [0.25, 0.3) is 0 Å². The number of aromatic nitrogens is 2. The fourth-order valence-corrected chi connectivity index (χ4v) is 2.24. The minimum Gasteiger partial charge on any atom is -0.494 e. The van der Waals surface area contributed by atoms with Crippen LogP contribution in [0.1, 0.15) is 18.2 Å². The van der Waals surface area contributed by atoms with Gasteiger partial charge in [0.05, 0.1) is 12.3 Å². The van der Waals surface area contributed by atoms with Crippen molar-refractivity contribution in [3.05, 3.63) is 66.3 Å². The summed E-state index contributed by atoms with van der Waals surface area (Å²) < 4.78 is 11.1. The van der Waals surface area contributed by atoms with Gasteiger partial charge in [0, 0.05) is 31.0 Å². The number of hydrogen-bond acceptors (Lipinski definition) is 5. The highest BCUT2D eigenvalue weighted by Crippen LogP contribution is 2.23. The van der Waals surface area contributed by atoms with Crippen molar-refractivity contribution in [3.8, 4) is 17.2 Å². The normalized spacial score (nSPS) is 10.7. The fourth-order valence-electron chi connectivity index (χ4n) is 2.24. The van der Waals surface area contributed by atoms with Gasteiger partial charge in [-0.2, -0.15) is 0 Å². The lowest BCUT2D eigenvalue weighted by Gasteiger charge is -2.03. The van der Waals surface area contributed by atoms with Crippen LogP contribution in [-0.4, -0.2) is 16.6 Å². The zero-order valence-electron chi connectivity index (χ0n) is 13.0. The van der Waals surface area contributed by atoms with E-state index in [-0.39, 0.29) is 0 Å². The molecule has 0 aliphatic rings. The first-order valence-electron chi connectivity index (χ1n) is 7.62. The minimum atomic E-state index is 0.602. The van der Waals surface area contributed by atoms with Crippen LogP contribution in [0.15, 0.2) is 59.5 Å². The summed E-state index contributed by atoms with van der Waals surface area (Å²) in [6, 6.07) is 11.7. The first kappa shape index (κ1) is 15.2. The summed E-state index contributed by atoms with van der Waals surface area (Å²) in [5, 5.41) is 3.33. The Morgan fingerprint density at radius 2 is 2.13 bits per heavy atom. The third-order valence-corrected chi connectivity index (χ3v) is 3.30. The predicted molar refractivity (Wildman–Crippen MR) is 87.9 cm³/mol. The Hall–Kier alpha value is -2.66. The first-order valence-corrected chi connectivity index (χ1v) is 7.62. The van der Waals surface area contributed by atoms with Crippen LogP contribution in [0.5, 0.6) is 5.75 Å². The molecule has 5 nitrogen and oxygen atoms in total. The molecule has 1 N–H and O–H groups in total. The number of nitrogens with zero attached hydrogens (tertiary/aromatic N) is 2. The number of benzene rings is 1. The van der Waals surface area contributed by atoms with Crippen molar-refractivity contribution >= 4 is 0 Å². The van der Waals surface area contributed by atoms with Crippen molar-refractivity contribution in [1.29, 1.82) is 0 Å². The molecule has 0 unspecified atom stereocenters. The van der Waals surface area contributed by atoms with Gasteiger partial charge >= 0.3 is 0 Å². The SMILES string of the molecule is CCOc1cccc(-c2nc(CNCc3cccnc3)co2)c1. The van der Waals surface area contributed by atoms with Gasteiger partial charge in [-0.25, -0.2) is 4.98 Å². The molecule has 0 fully saturated rings. The molecule has 0 saturated heterocycles. The molecule has 2 aromatic heterocycles. The van der Waals surface area contributed by atoms with E-state index in [1.807, 2.05) is 49.5 Å². The molecule has 0 amide bonds. The Balaban J connectivity index is 1.60. The molecule has 0 aliphatic heterocycles. The lowest BCUT2D eigenvalue weighted by molar-refractivity contribution is 0.340. The van der Waals surface area contributed by atoms with Crippen molar-refractivity contribution in [2.45, 2.75) is 20.0 Å². The Morgan fingerprint density at radius 1 is 1.17 bits per heavy atom. The average molecular weight is 309 g/mol. The monoisotopic (exact) mass is 309 g/mol.